The Morgan fingerprint density at radius 3 is 2.64 bits per heavy atom. The highest BCUT2D eigenvalue weighted by Crippen LogP contribution is 2.35. The third-order valence-corrected chi connectivity index (χ3v) is 7.44. The Morgan fingerprint density at radius 1 is 1.16 bits per heavy atom. The number of ether oxygens (including phenoxy) is 1. The minimum atomic E-state index is -4.53. The Kier molecular flexibility index (Phi) is 8.78. The van der Waals surface area contributed by atoms with Crippen molar-refractivity contribution in [2.75, 3.05) is 22.6 Å². The predicted octanol–water partition coefficient (Wildman–Crippen LogP) is 6.56. The molecule has 15 heteroatoms. The molecule has 44 heavy (non-hydrogen) atoms. The molecule has 10 nitrogen and oxygen atoms in total. The highest BCUT2D eigenvalue weighted by molar-refractivity contribution is 8.15. The van der Waals surface area contributed by atoms with Gasteiger partial charge in [-0.3, -0.25) is 9.69 Å². The molecule has 5 rings (SSSR count). The van der Waals surface area contributed by atoms with E-state index < -0.39 is 23.6 Å². The van der Waals surface area contributed by atoms with Crippen molar-refractivity contribution in [2.24, 2.45) is 4.99 Å². The van der Waals surface area contributed by atoms with Crippen molar-refractivity contribution < 1.29 is 31.9 Å². The van der Waals surface area contributed by atoms with E-state index in [9.17, 15) is 22.8 Å². The van der Waals surface area contributed by atoms with Gasteiger partial charge in [0.15, 0.2) is 16.8 Å². The summed E-state index contributed by atoms with van der Waals surface area (Å²) >= 11 is 1.09. The predicted molar refractivity (Wildman–Crippen MR) is 157 cm³/mol. The number of anilines is 2. The molecule has 1 unspecified atom stereocenters. The van der Waals surface area contributed by atoms with Gasteiger partial charge in [0.1, 0.15) is 12.1 Å². The summed E-state index contributed by atoms with van der Waals surface area (Å²) in [4.78, 5) is 39.0. The summed E-state index contributed by atoms with van der Waals surface area (Å²) < 4.78 is 60.4. The first-order valence-corrected chi connectivity index (χ1v) is 14.3. The molecule has 0 aliphatic carbocycles. The Labute approximate surface area is 253 Å². The van der Waals surface area contributed by atoms with E-state index in [1.807, 2.05) is 39.0 Å². The molecule has 3 amide bonds. The largest absolute Gasteiger partial charge is 0.417 e. The minimum Gasteiger partial charge on any atom is -0.374 e. The second-order valence-corrected chi connectivity index (χ2v) is 10.6. The number of thioether (sulfide) groups is 1. The van der Waals surface area contributed by atoms with Crippen LogP contribution in [0.15, 0.2) is 66.0 Å². The lowest BCUT2D eigenvalue weighted by Gasteiger charge is -2.23. The zero-order valence-electron chi connectivity index (χ0n) is 23.6. The second kappa shape index (κ2) is 12.5. The molecular weight excluding hydrogens is 602 g/mol. The number of amides is 3. The average molecular weight is 628 g/mol. The molecule has 1 fully saturated rings. The number of amidine groups is 1. The van der Waals surface area contributed by atoms with Gasteiger partial charge in [-0.2, -0.15) is 18.2 Å². The zero-order chi connectivity index (χ0) is 31.6. The fourth-order valence-electron chi connectivity index (χ4n) is 4.39. The molecule has 0 saturated carbocycles. The SMILES string of the molecule is CCOC(C)c1ccc(C)cc1N1C(=O)CS/C1=N\C(=O)Nc1ccc(-c2ncn(-c3ccc(C(F)(F)F)cn3)n2)cc1F. The number of pyridine rings is 1. The van der Waals surface area contributed by atoms with E-state index in [4.69, 9.17) is 4.74 Å². The van der Waals surface area contributed by atoms with Crippen LogP contribution in [-0.4, -0.2) is 49.2 Å². The highest BCUT2D eigenvalue weighted by atomic mass is 32.2. The first-order valence-electron chi connectivity index (χ1n) is 13.3. The summed E-state index contributed by atoms with van der Waals surface area (Å²) in [7, 11) is 0. The van der Waals surface area contributed by atoms with Gasteiger partial charge in [-0.05, 0) is 62.7 Å². The quantitative estimate of drug-likeness (QED) is 0.231. The maximum absolute atomic E-state index is 15.0. The van der Waals surface area contributed by atoms with Gasteiger partial charge in [0.2, 0.25) is 5.91 Å². The van der Waals surface area contributed by atoms with E-state index in [-0.39, 0.29) is 45.8 Å². The van der Waals surface area contributed by atoms with Crippen LogP contribution in [0.1, 0.15) is 36.6 Å². The maximum Gasteiger partial charge on any atom is 0.417 e. The Bertz CT molecular complexity index is 1740. The third-order valence-electron chi connectivity index (χ3n) is 6.51. The van der Waals surface area contributed by atoms with Crippen molar-refractivity contribution in [2.45, 2.75) is 33.1 Å². The van der Waals surface area contributed by atoms with Crippen LogP contribution in [0.3, 0.4) is 0 Å². The maximum atomic E-state index is 15.0. The van der Waals surface area contributed by atoms with E-state index in [1.54, 1.807) is 0 Å². The van der Waals surface area contributed by atoms with Crippen LogP contribution in [0.25, 0.3) is 17.2 Å². The molecule has 4 aromatic rings. The van der Waals surface area contributed by atoms with Crippen molar-refractivity contribution in [1.29, 1.82) is 0 Å². The number of benzene rings is 2. The first-order chi connectivity index (χ1) is 20.9. The van der Waals surface area contributed by atoms with Crippen molar-refractivity contribution in [1.82, 2.24) is 19.7 Å². The lowest BCUT2D eigenvalue weighted by molar-refractivity contribution is -0.137. The summed E-state index contributed by atoms with van der Waals surface area (Å²) in [5, 5.41) is 6.70. The fourth-order valence-corrected chi connectivity index (χ4v) is 5.25. The molecule has 0 spiro atoms. The number of aliphatic imine (C=N–C) groups is 1. The van der Waals surface area contributed by atoms with Crippen LogP contribution in [0.2, 0.25) is 0 Å². The van der Waals surface area contributed by atoms with Gasteiger partial charge in [-0.15, -0.1) is 5.10 Å². The summed E-state index contributed by atoms with van der Waals surface area (Å²) in [6, 6.07) is 10.6. The first kappa shape index (κ1) is 30.8. The number of hydrogen-bond donors (Lipinski definition) is 1. The lowest BCUT2D eigenvalue weighted by Crippen LogP contribution is -2.31. The summed E-state index contributed by atoms with van der Waals surface area (Å²) in [6.45, 7) is 6.09. The Hall–Kier alpha value is -4.63. The molecular formula is C29H25F4N7O3S. The number of alkyl halides is 3. The van der Waals surface area contributed by atoms with Crippen LogP contribution in [0, 0.1) is 12.7 Å². The number of carbonyl (C=O) groups excluding carboxylic acids is 2. The van der Waals surface area contributed by atoms with Crippen LogP contribution < -0.4 is 10.2 Å². The Balaban J connectivity index is 1.33. The lowest BCUT2D eigenvalue weighted by atomic mass is 10.0. The molecule has 1 saturated heterocycles. The summed E-state index contributed by atoms with van der Waals surface area (Å²) in [5.41, 5.74) is 1.38. The van der Waals surface area contributed by atoms with Crippen LogP contribution in [0.5, 0.6) is 0 Å². The van der Waals surface area contributed by atoms with Crippen molar-refractivity contribution in [3.8, 4) is 17.2 Å². The van der Waals surface area contributed by atoms with Gasteiger partial charge in [-0.1, -0.05) is 23.9 Å². The monoisotopic (exact) mass is 627 g/mol. The van der Waals surface area contributed by atoms with Crippen molar-refractivity contribution in [3.05, 3.63) is 83.6 Å². The van der Waals surface area contributed by atoms with Gasteiger partial charge >= 0.3 is 12.2 Å². The van der Waals surface area contributed by atoms with Crippen molar-refractivity contribution in [3.63, 3.8) is 0 Å². The van der Waals surface area contributed by atoms with Gasteiger partial charge in [0.05, 0.1) is 28.8 Å². The smallest absolute Gasteiger partial charge is 0.374 e. The van der Waals surface area contributed by atoms with E-state index in [1.165, 1.54) is 23.4 Å². The number of aromatic nitrogens is 4. The zero-order valence-corrected chi connectivity index (χ0v) is 24.4. The van der Waals surface area contributed by atoms with Crippen LogP contribution in [0.4, 0.5) is 33.7 Å². The van der Waals surface area contributed by atoms with Gasteiger partial charge in [0, 0.05) is 23.9 Å². The van der Waals surface area contributed by atoms with E-state index in [0.717, 1.165) is 45.8 Å². The molecule has 1 atom stereocenters. The van der Waals surface area contributed by atoms with Crippen molar-refractivity contribution >= 4 is 40.2 Å². The van der Waals surface area contributed by atoms with Crippen LogP contribution in [-0.2, 0) is 15.7 Å². The van der Waals surface area contributed by atoms with E-state index >= 15 is 4.39 Å². The molecule has 2 aromatic carbocycles. The molecule has 2 aromatic heterocycles. The molecule has 3 heterocycles. The molecule has 228 valence electrons. The third kappa shape index (κ3) is 6.63. The number of nitrogens with one attached hydrogen (secondary N) is 1. The van der Waals surface area contributed by atoms with Gasteiger partial charge in [0.25, 0.3) is 0 Å². The molecule has 0 radical (unpaired) electrons. The standard InChI is InChI=1S/C29H25F4N7O3S/c1-4-43-17(3)20-8-5-16(2)11-23(20)40-25(41)14-44-28(40)37-27(42)36-22-9-6-18(12-21(22)30)26-35-15-39(38-26)24-10-7-19(13-34-24)29(31,32)33/h5-13,15,17H,4,14H2,1-3H3,(H,36,42)/b37-28-. The van der Waals surface area contributed by atoms with Gasteiger partial charge in [-0.25, -0.2) is 23.8 Å². The topological polar surface area (TPSA) is 115 Å². The van der Waals surface area contributed by atoms with Crippen LogP contribution >= 0.6 is 11.8 Å². The number of aryl methyl sites for hydroxylation is 1. The number of nitrogens with zero attached hydrogens (tertiary/aromatic N) is 6. The normalized spacial score (nSPS) is 15.2. The number of urea groups is 1. The number of hydrogen-bond acceptors (Lipinski definition) is 7. The second-order valence-electron chi connectivity index (χ2n) is 9.61. The molecule has 1 aliphatic rings. The fraction of sp³-hybridized carbons (Fsp3) is 0.241. The summed E-state index contributed by atoms with van der Waals surface area (Å²) in [5.74, 6) is -0.824. The van der Waals surface area contributed by atoms with E-state index in [2.05, 4.69) is 25.4 Å². The summed E-state index contributed by atoms with van der Waals surface area (Å²) in [6.07, 6.45) is -2.93. The molecule has 0 bridgehead atoms. The van der Waals surface area contributed by atoms with Gasteiger partial charge < -0.3 is 10.1 Å². The minimum absolute atomic E-state index is 0.0766. The Morgan fingerprint density at radius 2 is 1.95 bits per heavy atom. The molecule has 1 aliphatic heterocycles. The number of carbonyl (C=O) groups is 2. The average Bonchev–Trinajstić information content (AvgIpc) is 3.61. The molecule has 1 N–H and O–H groups in total. The number of rotatable bonds is 7. The number of halogens is 4. The van der Waals surface area contributed by atoms with E-state index in [0.29, 0.717) is 18.5 Å². The highest BCUT2D eigenvalue weighted by Gasteiger charge is 2.33.